The van der Waals surface area contributed by atoms with Crippen LogP contribution in [0.2, 0.25) is 5.02 Å². The van der Waals surface area contributed by atoms with Crippen LogP contribution in [0.1, 0.15) is 29.8 Å². The summed E-state index contributed by atoms with van der Waals surface area (Å²) in [5.41, 5.74) is 0.619. The zero-order valence-corrected chi connectivity index (χ0v) is 12.2. The van der Waals surface area contributed by atoms with E-state index in [4.69, 9.17) is 11.6 Å². The van der Waals surface area contributed by atoms with E-state index >= 15 is 0 Å². The summed E-state index contributed by atoms with van der Waals surface area (Å²) in [4.78, 5) is 25.8. The van der Waals surface area contributed by atoms with Crippen molar-refractivity contribution in [2.24, 2.45) is 13.0 Å². The Bertz CT molecular complexity index is 555. The third-order valence-corrected chi connectivity index (χ3v) is 4.51. The number of amides is 2. The Hall–Kier alpha value is -1.49. The van der Waals surface area contributed by atoms with Gasteiger partial charge in [0, 0.05) is 38.8 Å². The van der Waals surface area contributed by atoms with E-state index in [-0.39, 0.29) is 17.9 Å². The molecular weight excluding hydrogens is 278 g/mol. The van der Waals surface area contributed by atoms with Gasteiger partial charge in [-0.1, -0.05) is 11.6 Å². The highest BCUT2D eigenvalue weighted by molar-refractivity contribution is 6.31. The summed E-state index contributed by atoms with van der Waals surface area (Å²) >= 11 is 5.94. The first-order valence-electron chi connectivity index (χ1n) is 6.95. The standard InChI is InChI=1S/C14H18ClN3O2/c1-17-8-10(15)6-12(17)14(20)18-5-4-11-9(7-18)2-3-13(19)16-11/h6,8-9,11H,2-5,7H2,1H3,(H,16,19). The first-order valence-corrected chi connectivity index (χ1v) is 7.33. The minimum atomic E-state index is 0.0229. The molecule has 20 heavy (non-hydrogen) atoms. The van der Waals surface area contributed by atoms with Gasteiger partial charge in [-0.05, 0) is 24.8 Å². The van der Waals surface area contributed by atoms with Crippen LogP contribution in [0.5, 0.6) is 0 Å². The van der Waals surface area contributed by atoms with Crippen molar-refractivity contribution in [2.75, 3.05) is 13.1 Å². The van der Waals surface area contributed by atoms with Gasteiger partial charge in [0.25, 0.3) is 5.91 Å². The van der Waals surface area contributed by atoms with Gasteiger partial charge in [-0.2, -0.15) is 0 Å². The number of rotatable bonds is 1. The minimum absolute atomic E-state index is 0.0229. The number of aromatic nitrogens is 1. The van der Waals surface area contributed by atoms with Crippen molar-refractivity contribution < 1.29 is 9.59 Å². The molecule has 0 aromatic carbocycles. The van der Waals surface area contributed by atoms with Crippen LogP contribution in [0, 0.1) is 5.92 Å². The number of carbonyl (C=O) groups excluding carboxylic acids is 2. The van der Waals surface area contributed by atoms with Gasteiger partial charge in [-0.3, -0.25) is 9.59 Å². The molecule has 2 aliphatic rings. The van der Waals surface area contributed by atoms with E-state index in [2.05, 4.69) is 5.32 Å². The molecule has 0 saturated carbocycles. The number of hydrogen-bond donors (Lipinski definition) is 1. The summed E-state index contributed by atoms with van der Waals surface area (Å²) in [5.74, 6) is 0.538. The van der Waals surface area contributed by atoms with Gasteiger partial charge in [-0.15, -0.1) is 0 Å². The molecule has 3 rings (SSSR count). The molecule has 108 valence electrons. The lowest BCUT2D eigenvalue weighted by atomic mass is 9.85. The predicted molar refractivity (Wildman–Crippen MR) is 75.6 cm³/mol. The lowest BCUT2D eigenvalue weighted by Crippen LogP contribution is -2.55. The van der Waals surface area contributed by atoms with E-state index < -0.39 is 0 Å². The fraction of sp³-hybridized carbons (Fsp3) is 0.571. The lowest BCUT2D eigenvalue weighted by molar-refractivity contribution is -0.125. The summed E-state index contributed by atoms with van der Waals surface area (Å²) in [6.45, 7) is 1.40. The molecule has 1 aromatic heterocycles. The molecule has 1 N–H and O–H groups in total. The van der Waals surface area contributed by atoms with Gasteiger partial charge in [0.15, 0.2) is 0 Å². The molecule has 5 nitrogen and oxygen atoms in total. The van der Waals surface area contributed by atoms with E-state index in [0.717, 1.165) is 12.8 Å². The number of nitrogens with zero attached hydrogens (tertiary/aromatic N) is 2. The highest BCUT2D eigenvalue weighted by Gasteiger charge is 2.35. The maximum Gasteiger partial charge on any atom is 0.270 e. The number of hydrogen-bond acceptors (Lipinski definition) is 2. The van der Waals surface area contributed by atoms with Crippen molar-refractivity contribution in [3.05, 3.63) is 23.0 Å². The average molecular weight is 296 g/mol. The normalized spacial score (nSPS) is 26.1. The largest absolute Gasteiger partial charge is 0.353 e. The highest BCUT2D eigenvalue weighted by atomic mass is 35.5. The van der Waals surface area contributed by atoms with Crippen LogP contribution >= 0.6 is 11.6 Å². The monoisotopic (exact) mass is 295 g/mol. The molecular formula is C14H18ClN3O2. The smallest absolute Gasteiger partial charge is 0.270 e. The lowest BCUT2D eigenvalue weighted by Gasteiger charge is -2.41. The van der Waals surface area contributed by atoms with E-state index in [0.29, 0.717) is 36.1 Å². The van der Waals surface area contributed by atoms with Gasteiger partial charge in [0.05, 0.1) is 5.02 Å². The van der Waals surface area contributed by atoms with E-state index in [1.165, 1.54) is 0 Å². The summed E-state index contributed by atoms with van der Waals surface area (Å²) in [6.07, 6.45) is 4.01. The fourth-order valence-electron chi connectivity index (χ4n) is 3.19. The Labute approximate surface area is 122 Å². The van der Waals surface area contributed by atoms with Crippen LogP contribution in [-0.4, -0.2) is 40.4 Å². The van der Waals surface area contributed by atoms with Crippen LogP contribution in [0.4, 0.5) is 0 Å². The SMILES string of the molecule is Cn1cc(Cl)cc1C(=O)N1CCC2NC(=O)CCC2C1. The molecule has 2 atom stereocenters. The summed E-state index contributed by atoms with van der Waals surface area (Å²) in [5, 5.41) is 3.61. The Kier molecular flexibility index (Phi) is 3.46. The Morgan fingerprint density at radius 1 is 1.45 bits per heavy atom. The van der Waals surface area contributed by atoms with Crippen LogP contribution in [0.15, 0.2) is 12.3 Å². The van der Waals surface area contributed by atoms with E-state index in [1.807, 2.05) is 11.9 Å². The van der Waals surface area contributed by atoms with Crippen molar-refractivity contribution in [3.8, 4) is 0 Å². The fourth-order valence-corrected chi connectivity index (χ4v) is 3.44. The number of likely N-dealkylation sites (tertiary alicyclic amines) is 1. The number of halogens is 1. The Morgan fingerprint density at radius 3 is 2.95 bits per heavy atom. The van der Waals surface area contributed by atoms with E-state index in [9.17, 15) is 9.59 Å². The van der Waals surface area contributed by atoms with Crippen molar-refractivity contribution in [2.45, 2.75) is 25.3 Å². The summed E-state index contributed by atoms with van der Waals surface area (Å²) in [7, 11) is 1.83. The second kappa shape index (κ2) is 5.13. The van der Waals surface area contributed by atoms with Crippen molar-refractivity contribution in [1.29, 1.82) is 0 Å². The Morgan fingerprint density at radius 2 is 2.25 bits per heavy atom. The summed E-state index contributed by atoms with van der Waals surface area (Å²) < 4.78 is 1.76. The molecule has 2 amide bonds. The highest BCUT2D eigenvalue weighted by Crippen LogP contribution is 2.26. The van der Waals surface area contributed by atoms with Crippen molar-refractivity contribution >= 4 is 23.4 Å². The third-order valence-electron chi connectivity index (χ3n) is 4.30. The van der Waals surface area contributed by atoms with Gasteiger partial charge < -0.3 is 14.8 Å². The number of fused-ring (bicyclic) bond motifs is 1. The molecule has 0 bridgehead atoms. The van der Waals surface area contributed by atoms with E-state index in [1.54, 1.807) is 16.8 Å². The van der Waals surface area contributed by atoms with Crippen LogP contribution in [0.25, 0.3) is 0 Å². The zero-order valence-electron chi connectivity index (χ0n) is 11.4. The summed E-state index contributed by atoms with van der Waals surface area (Å²) in [6, 6.07) is 1.94. The number of piperidine rings is 2. The molecule has 0 spiro atoms. The van der Waals surface area contributed by atoms with Crippen LogP contribution in [-0.2, 0) is 11.8 Å². The van der Waals surface area contributed by atoms with Crippen LogP contribution < -0.4 is 5.32 Å². The first-order chi connectivity index (χ1) is 9.54. The average Bonchev–Trinajstić information content (AvgIpc) is 2.76. The molecule has 0 radical (unpaired) electrons. The molecule has 2 saturated heterocycles. The molecule has 0 aliphatic carbocycles. The quantitative estimate of drug-likeness (QED) is 0.852. The topological polar surface area (TPSA) is 54.3 Å². The molecule has 6 heteroatoms. The maximum atomic E-state index is 12.5. The second-order valence-electron chi connectivity index (χ2n) is 5.67. The number of aryl methyl sites for hydroxylation is 1. The van der Waals surface area contributed by atoms with Gasteiger partial charge in [-0.25, -0.2) is 0 Å². The molecule has 1 aromatic rings. The maximum absolute atomic E-state index is 12.5. The second-order valence-corrected chi connectivity index (χ2v) is 6.10. The Balaban J connectivity index is 1.71. The molecule has 2 fully saturated rings. The number of carbonyl (C=O) groups is 2. The van der Waals surface area contributed by atoms with Crippen molar-refractivity contribution in [1.82, 2.24) is 14.8 Å². The first kappa shape index (κ1) is 13.5. The van der Waals surface area contributed by atoms with Gasteiger partial charge >= 0.3 is 0 Å². The van der Waals surface area contributed by atoms with Gasteiger partial charge in [0.2, 0.25) is 5.91 Å². The van der Waals surface area contributed by atoms with Crippen LogP contribution in [0.3, 0.4) is 0 Å². The predicted octanol–water partition coefficient (Wildman–Crippen LogP) is 1.42. The third kappa shape index (κ3) is 2.42. The molecule has 2 unspecified atom stereocenters. The minimum Gasteiger partial charge on any atom is -0.353 e. The zero-order chi connectivity index (χ0) is 14.3. The van der Waals surface area contributed by atoms with Crippen molar-refractivity contribution in [3.63, 3.8) is 0 Å². The van der Waals surface area contributed by atoms with Gasteiger partial charge in [0.1, 0.15) is 5.69 Å². The molecule has 2 aliphatic heterocycles. The molecule has 3 heterocycles. The number of nitrogens with one attached hydrogen (secondary N) is 1.